The molecule has 0 aromatic heterocycles. The van der Waals surface area contributed by atoms with Crippen LogP contribution in [0.5, 0.6) is 0 Å². The molecule has 25 heavy (non-hydrogen) atoms. The molecule has 1 aliphatic heterocycles. The minimum atomic E-state index is -3.31. The van der Waals surface area contributed by atoms with Crippen LogP contribution in [0.25, 0.3) is 0 Å². The van der Waals surface area contributed by atoms with E-state index in [0.29, 0.717) is 34.9 Å². The lowest BCUT2D eigenvalue weighted by molar-refractivity contribution is 0.102. The van der Waals surface area contributed by atoms with Gasteiger partial charge in [-0.05, 0) is 55.7 Å². The first-order chi connectivity index (χ1) is 11.9. The van der Waals surface area contributed by atoms with Crippen molar-refractivity contribution in [2.75, 3.05) is 21.9 Å². The first-order valence-corrected chi connectivity index (χ1v) is 10.0. The number of nitrogens with one attached hydrogen (secondary N) is 1. The quantitative estimate of drug-likeness (QED) is 0.882. The average Bonchev–Trinajstić information content (AvgIpc) is 2.55. The molecule has 0 saturated carbocycles. The van der Waals surface area contributed by atoms with Crippen molar-refractivity contribution in [3.8, 4) is 0 Å². The smallest absolute Gasteiger partial charge is 0.256 e. The number of halogens is 1. The Kier molecular flexibility index (Phi) is 5.01. The first-order valence-electron chi connectivity index (χ1n) is 8.05. The lowest BCUT2D eigenvalue weighted by Crippen LogP contribution is -2.38. The summed E-state index contributed by atoms with van der Waals surface area (Å²) >= 11 is 5.94. The number of carbonyl (C=O) groups is 1. The number of hydrogen-bond donors (Lipinski definition) is 1. The molecule has 0 radical (unpaired) electrons. The number of carbonyl (C=O) groups excluding carboxylic acids is 1. The highest BCUT2D eigenvalue weighted by molar-refractivity contribution is 7.92. The van der Waals surface area contributed by atoms with Gasteiger partial charge in [0.2, 0.25) is 10.0 Å². The lowest BCUT2D eigenvalue weighted by atomic mass is 10.1. The standard InChI is InChI=1S/C18H19ClN2O3S/c1-13-7-8-16(21-9-2-3-10-25(21,23)24)12-17(13)18(22)20-15-6-4-5-14(19)11-15/h4-8,11-12H,2-3,9-10H2,1H3,(H,20,22). The van der Waals surface area contributed by atoms with Crippen molar-refractivity contribution in [2.24, 2.45) is 0 Å². The average molecular weight is 379 g/mol. The number of anilines is 2. The van der Waals surface area contributed by atoms with Crippen molar-refractivity contribution in [1.82, 2.24) is 0 Å². The predicted molar refractivity (Wildman–Crippen MR) is 101 cm³/mol. The third-order valence-corrected chi connectivity index (χ3v) is 6.29. The summed E-state index contributed by atoms with van der Waals surface area (Å²) in [5, 5.41) is 3.33. The van der Waals surface area contributed by atoms with Crippen molar-refractivity contribution in [3.05, 3.63) is 58.6 Å². The van der Waals surface area contributed by atoms with Crippen molar-refractivity contribution in [2.45, 2.75) is 19.8 Å². The van der Waals surface area contributed by atoms with Crippen LogP contribution in [0.4, 0.5) is 11.4 Å². The van der Waals surface area contributed by atoms with Crippen LogP contribution in [-0.4, -0.2) is 26.6 Å². The Morgan fingerprint density at radius 2 is 1.96 bits per heavy atom. The molecule has 2 aromatic rings. The number of rotatable bonds is 3. The normalized spacial score (nSPS) is 16.5. The first kappa shape index (κ1) is 17.8. The number of sulfonamides is 1. The molecular formula is C18H19ClN2O3S. The minimum absolute atomic E-state index is 0.144. The summed E-state index contributed by atoms with van der Waals surface area (Å²) in [5.41, 5.74) is 2.34. The molecule has 0 spiro atoms. The fourth-order valence-corrected chi connectivity index (χ4v) is 4.67. The Bertz CT molecular complexity index is 912. The molecule has 1 heterocycles. The number of aryl methyl sites for hydroxylation is 1. The van der Waals surface area contributed by atoms with Gasteiger partial charge in [-0.25, -0.2) is 8.42 Å². The van der Waals surface area contributed by atoms with Gasteiger partial charge in [-0.2, -0.15) is 0 Å². The van der Waals surface area contributed by atoms with Crippen LogP contribution in [0.2, 0.25) is 5.02 Å². The van der Waals surface area contributed by atoms with E-state index in [1.165, 1.54) is 4.31 Å². The van der Waals surface area contributed by atoms with Crippen LogP contribution in [0.3, 0.4) is 0 Å². The molecule has 0 unspecified atom stereocenters. The van der Waals surface area contributed by atoms with Gasteiger partial charge >= 0.3 is 0 Å². The Hall–Kier alpha value is -2.05. The van der Waals surface area contributed by atoms with Crippen LogP contribution < -0.4 is 9.62 Å². The maximum atomic E-state index is 12.6. The number of hydrogen-bond acceptors (Lipinski definition) is 3. The monoisotopic (exact) mass is 378 g/mol. The zero-order chi connectivity index (χ0) is 18.0. The molecule has 1 saturated heterocycles. The van der Waals surface area contributed by atoms with Crippen LogP contribution in [0.15, 0.2) is 42.5 Å². The fourth-order valence-electron chi connectivity index (χ4n) is 2.85. The van der Waals surface area contributed by atoms with E-state index in [1.807, 2.05) is 6.92 Å². The SMILES string of the molecule is Cc1ccc(N2CCCCS2(=O)=O)cc1C(=O)Nc1cccc(Cl)c1. The van der Waals surface area contributed by atoms with Gasteiger partial charge in [0.25, 0.3) is 5.91 Å². The highest BCUT2D eigenvalue weighted by Gasteiger charge is 2.26. The van der Waals surface area contributed by atoms with Gasteiger partial charge in [0.15, 0.2) is 0 Å². The second-order valence-electron chi connectivity index (χ2n) is 6.06. The van der Waals surface area contributed by atoms with Gasteiger partial charge in [0, 0.05) is 22.8 Å². The molecule has 7 heteroatoms. The summed E-state index contributed by atoms with van der Waals surface area (Å²) in [5.74, 6) is -0.152. The summed E-state index contributed by atoms with van der Waals surface area (Å²) in [4.78, 5) is 12.6. The van der Waals surface area contributed by atoms with Crippen molar-refractivity contribution >= 4 is 38.9 Å². The van der Waals surface area contributed by atoms with Gasteiger partial charge in [0.1, 0.15) is 0 Å². The van der Waals surface area contributed by atoms with Gasteiger partial charge in [-0.15, -0.1) is 0 Å². The molecule has 3 rings (SSSR count). The fraction of sp³-hybridized carbons (Fsp3) is 0.278. The van der Waals surface area contributed by atoms with E-state index in [-0.39, 0.29) is 11.7 Å². The second-order valence-corrected chi connectivity index (χ2v) is 8.51. The maximum Gasteiger partial charge on any atom is 0.256 e. The summed E-state index contributed by atoms with van der Waals surface area (Å²) in [6.07, 6.45) is 1.49. The molecule has 5 nitrogen and oxygen atoms in total. The van der Waals surface area contributed by atoms with Crippen LogP contribution in [0.1, 0.15) is 28.8 Å². The van der Waals surface area contributed by atoms with E-state index in [2.05, 4.69) is 5.32 Å². The van der Waals surface area contributed by atoms with E-state index in [9.17, 15) is 13.2 Å². The summed E-state index contributed by atoms with van der Waals surface area (Å²) in [6.45, 7) is 2.27. The highest BCUT2D eigenvalue weighted by atomic mass is 35.5. The molecule has 0 aliphatic carbocycles. The predicted octanol–water partition coefficient (Wildman–Crippen LogP) is 3.83. The Morgan fingerprint density at radius 3 is 2.68 bits per heavy atom. The van der Waals surface area contributed by atoms with Crippen molar-refractivity contribution in [3.63, 3.8) is 0 Å². The van der Waals surface area contributed by atoms with Crippen LogP contribution >= 0.6 is 11.6 Å². The van der Waals surface area contributed by atoms with Gasteiger partial charge in [-0.3, -0.25) is 9.10 Å². The van der Waals surface area contributed by atoms with Gasteiger partial charge < -0.3 is 5.32 Å². The molecule has 1 fully saturated rings. The molecule has 1 N–H and O–H groups in total. The molecule has 0 bridgehead atoms. The van der Waals surface area contributed by atoms with Crippen LogP contribution in [0, 0.1) is 6.92 Å². The summed E-state index contributed by atoms with van der Waals surface area (Å²) < 4.78 is 26.0. The van der Waals surface area contributed by atoms with Gasteiger partial charge in [-0.1, -0.05) is 23.7 Å². The van der Waals surface area contributed by atoms with Crippen molar-refractivity contribution < 1.29 is 13.2 Å². The van der Waals surface area contributed by atoms with E-state index in [0.717, 1.165) is 12.0 Å². The van der Waals surface area contributed by atoms with Crippen LogP contribution in [-0.2, 0) is 10.0 Å². The molecule has 0 atom stereocenters. The molecular weight excluding hydrogens is 360 g/mol. The number of nitrogens with zero attached hydrogens (tertiary/aromatic N) is 1. The van der Waals surface area contributed by atoms with Crippen molar-refractivity contribution in [1.29, 1.82) is 0 Å². The number of benzene rings is 2. The minimum Gasteiger partial charge on any atom is -0.322 e. The third-order valence-electron chi connectivity index (χ3n) is 4.19. The zero-order valence-electron chi connectivity index (χ0n) is 13.8. The highest BCUT2D eigenvalue weighted by Crippen LogP contribution is 2.26. The maximum absolute atomic E-state index is 12.6. The molecule has 2 aromatic carbocycles. The van der Waals surface area contributed by atoms with Gasteiger partial charge in [0.05, 0.1) is 11.4 Å². The number of amides is 1. The summed E-state index contributed by atoms with van der Waals surface area (Å²) in [6, 6.07) is 12.0. The second kappa shape index (κ2) is 7.06. The Balaban J connectivity index is 1.90. The zero-order valence-corrected chi connectivity index (χ0v) is 15.4. The largest absolute Gasteiger partial charge is 0.322 e. The lowest BCUT2D eigenvalue weighted by Gasteiger charge is -2.28. The van der Waals surface area contributed by atoms with E-state index < -0.39 is 10.0 Å². The molecule has 1 amide bonds. The molecule has 132 valence electrons. The van der Waals surface area contributed by atoms with E-state index in [4.69, 9.17) is 11.6 Å². The van der Waals surface area contributed by atoms with E-state index >= 15 is 0 Å². The van der Waals surface area contributed by atoms with E-state index in [1.54, 1.807) is 42.5 Å². The Morgan fingerprint density at radius 1 is 1.16 bits per heavy atom. The Labute approximate surface area is 152 Å². The third kappa shape index (κ3) is 3.96. The topological polar surface area (TPSA) is 66.5 Å². The summed E-state index contributed by atoms with van der Waals surface area (Å²) in [7, 11) is -3.31. The molecule has 1 aliphatic rings.